The van der Waals surface area contributed by atoms with Gasteiger partial charge >= 0.3 is 0 Å². The van der Waals surface area contributed by atoms with Gasteiger partial charge in [-0.3, -0.25) is 0 Å². The third kappa shape index (κ3) is 5.01. The maximum absolute atomic E-state index is 3.87. The van der Waals surface area contributed by atoms with E-state index in [1.807, 2.05) is 0 Å². The van der Waals surface area contributed by atoms with Gasteiger partial charge in [-0.2, -0.15) is 0 Å². The van der Waals surface area contributed by atoms with Gasteiger partial charge in [-0.05, 0) is 25.2 Å². The Balaban J connectivity index is 2.32. The maximum atomic E-state index is 3.87. The Bertz CT molecular complexity index is 145. The lowest BCUT2D eigenvalue weighted by Crippen LogP contribution is -2.41. The van der Waals surface area contributed by atoms with Gasteiger partial charge in [-0.1, -0.05) is 52.9 Å². The molecule has 0 aromatic heterocycles. The van der Waals surface area contributed by atoms with Crippen molar-refractivity contribution < 1.29 is 0 Å². The smallest absolute Gasteiger partial charge is 0.00900 e. The minimum atomic E-state index is 0.731. The molecule has 0 bridgehead atoms. The Morgan fingerprint density at radius 2 is 1.53 bits per heavy atom. The van der Waals surface area contributed by atoms with E-state index in [4.69, 9.17) is 0 Å². The van der Waals surface area contributed by atoms with Crippen LogP contribution in [0.15, 0.2) is 0 Å². The average Bonchev–Trinajstić information content (AvgIpc) is 2.15. The molecular weight excluding hydrogens is 182 g/mol. The van der Waals surface area contributed by atoms with E-state index in [9.17, 15) is 0 Å². The summed E-state index contributed by atoms with van der Waals surface area (Å²) in [6.45, 7) is 6.98. The second-order valence-corrected chi connectivity index (χ2v) is 5.47. The minimum absolute atomic E-state index is 0.731. The van der Waals surface area contributed by atoms with Crippen molar-refractivity contribution in [3.8, 4) is 0 Å². The summed E-state index contributed by atoms with van der Waals surface area (Å²) < 4.78 is 0. The molecule has 0 radical (unpaired) electrons. The van der Waals surface area contributed by atoms with Crippen LogP contribution in [0.3, 0.4) is 0 Å². The third-order valence-electron chi connectivity index (χ3n) is 3.80. The van der Waals surface area contributed by atoms with E-state index in [-0.39, 0.29) is 0 Å². The van der Waals surface area contributed by atoms with Crippen LogP contribution < -0.4 is 5.32 Å². The molecule has 1 unspecified atom stereocenters. The van der Waals surface area contributed by atoms with Gasteiger partial charge in [0.05, 0.1) is 0 Å². The molecular formula is C14H29N. The number of rotatable bonds is 4. The summed E-state index contributed by atoms with van der Waals surface area (Å²) in [5.74, 6) is 0.778. The van der Waals surface area contributed by atoms with Crippen molar-refractivity contribution in [1.29, 1.82) is 0 Å². The molecule has 0 aromatic carbocycles. The predicted molar refractivity (Wildman–Crippen MR) is 68.2 cm³/mol. The highest BCUT2D eigenvalue weighted by Gasteiger charge is 2.17. The summed E-state index contributed by atoms with van der Waals surface area (Å²) >= 11 is 0. The standard InChI is InChI=1S/C14H29N/c1-4-14(12(2)3)15-13-10-8-6-5-7-9-11-13/h12-15H,4-11H2,1-3H3. The summed E-state index contributed by atoms with van der Waals surface area (Å²) in [4.78, 5) is 0. The van der Waals surface area contributed by atoms with Crippen LogP contribution in [-0.2, 0) is 0 Å². The van der Waals surface area contributed by atoms with E-state index >= 15 is 0 Å². The minimum Gasteiger partial charge on any atom is -0.311 e. The molecule has 0 spiro atoms. The molecule has 1 fully saturated rings. The Labute approximate surface area is 96.0 Å². The normalized spacial score (nSPS) is 22.4. The zero-order valence-corrected chi connectivity index (χ0v) is 10.9. The van der Waals surface area contributed by atoms with E-state index < -0.39 is 0 Å². The second-order valence-electron chi connectivity index (χ2n) is 5.47. The van der Waals surface area contributed by atoms with Gasteiger partial charge < -0.3 is 5.32 Å². The van der Waals surface area contributed by atoms with Crippen molar-refractivity contribution in [1.82, 2.24) is 5.32 Å². The van der Waals surface area contributed by atoms with Crippen molar-refractivity contribution in [2.24, 2.45) is 5.92 Å². The first kappa shape index (κ1) is 13.0. The van der Waals surface area contributed by atoms with E-state index in [0.29, 0.717) is 0 Å². The first-order chi connectivity index (χ1) is 7.24. The van der Waals surface area contributed by atoms with Gasteiger partial charge in [0, 0.05) is 12.1 Å². The van der Waals surface area contributed by atoms with Crippen LogP contribution >= 0.6 is 0 Å². The SMILES string of the molecule is CCC(NC1CCCCCCC1)C(C)C. The van der Waals surface area contributed by atoms with Gasteiger partial charge in [-0.15, -0.1) is 0 Å². The van der Waals surface area contributed by atoms with E-state index in [0.717, 1.165) is 18.0 Å². The van der Waals surface area contributed by atoms with E-state index in [1.165, 1.54) is 51.4 Å². The Hall–Kier alpha value is -0.0400. The zero-order chi connectivity index (χ0) is 11.1. The van der Waals surface area contributed by atoms with Gasteiger partial charge in [0.2, 0.25) is 0 Å². The molecule has 1 N–H and O–H groups in total. The lowest BCUT2D eigenvalue weighted by atomic mass is 9.94. The number of hydrogen-bond donors (Lipinski definition) is 1. The summed E-state index contributed by atoms with van der Waals surface area (Å²) in [6, 6.07) is 1.53. The van der Waals surface area contributed by atoms with Crippen molar-refractivity contribution in [2.75, 3.05) is 0 Å². The van der Waals surface area contributed by atoms with Crippen LogP contribution in [0.5, 0.6) is 0 Å². The van der Waals surface area contributed by atoms with E-state index in [2.05, 4.69) is 26.1 Å². The molecule has 0 aromatic rings. The fraction of sp³-hybridized carbons (Fsp3) is 1.00. The highest BCUT2D eigenvalue weighted by Crippen LogP contribution is 2.19. The molecule has 0 aliphatic heterocycles. The fourth-order valence-corrected chi connectivity index (χ4v) is 2.71. The van der Waals surface area contributed by atoms with Gasteiger partial charge in [0.15, 0.2) is 0 Å². The molecule has 90 valence electrons. The van der Waals surface area contributed by atoms with Crippen molar-refractivity contribution in [2.45, 2.75) is 84.2 Å². The number of hydrogen-bond acceptors (Lipinski definition) is 1. The number of nitrogens with one attached hydrogen (secondary N) is 1. The molecule has 1 saturated carbocycles. The quantitative estimate of drug-likeness (QED) is 0.737. The van der Waals surface area contributed by atoms with Gasteiger partial charge in [-0.25, -0.2) is 0 Å². The lowest BCUT2D eigenvalue weighted by molar-refractivity contribution is 0.302. The molecule has 1 nitrogen and oxygen atoms in total. The maximum Gasteiger partial charge on any atom is 0.00900 e. The molecule has 1 aliphatic carbocycles. The van der Waals surface area contributed by atoms with Crippen LogP contribution in [0.25, 0.3) is 0 Å². The topological polar surface area (TPSA) is 12.0 Å². The van der Waals surface area contributed by atoms with Gasteiger partial charge in [0.1, 0.15) is 0 Å². The summed E-state index contributed by atoms with van der Waals surface area (Å²) in [5, 5.41) is 3.87. The first-order valence-corrected chi connectivity index (χ1v) is 7.00. The largest absolute Gasteiger partial charge is 0.311 e. The van der Waals surface area contributed by atoms with Crippen LogP contribution in [0.2, 0.25) is 0 Å². The Morgan fingerprint density at radius 1 is 1.00 bits per heavy atom. The van der Waals surface area contributed by atoms with Crippen molar-refractivity contribution >= 4 is 0 Å². The van der Waals surface area contributed by atoms with E-state index in [1.54, 1.807) is 0 Å². The molecule has 0 saturated heterocycles. The van der Waals surface area contributed by atoms with Crippen molar-refractivity contribution in [3.63, 3.8) is 0 Å². The Morgan fingerprint density at radius 3 is 2.00 bits per heavy atom. The lowest BCUT2D eigenvalue weighted by Gasteiger charge is -2.29. The van der Waals surface area contributed by atoms with Crippen molar-refractivity contribution in [3.05, 3.63) is 0 Å². The van der Waals surface area contributed by atoms with Crippen LogP contribution in [0, 0.1) is 5.92 Å². The monoisotopic (exact) mass is 211 g/mol. The molecule has 1 rings (SSSR count). The molecule has 0 amide bonds. The summed E-state index contributed by atoms with van der Waals surface area (Å²) in [7, 11) is 0. The second kappa shape index (κ2) is 7.27. The van der Waals surface area contributed by atoms with Crippen LogP contribution in [0.4, 0.5) is 0 Å². The highest BCUT2D eigenvalue weighted by molar-refractivity contribution is 4.77. The Kier molecular flexibility index (Phi) is 6.31. The van der Waals surface area contributed by atoms with Gasteiger partial charge in [0.25, 0.3) is 0 Å². The summed E-state index contributed by atoms with van der Waals surface area (Å²) in [6.07, 6.45) is 11.3. The van der Waals surface area contributed by atoms with Crippen LogP contribution in [0.1, 0.15) is 72.1 Å². The molecule has 0 heterocycles. The van der Waals surface area contributed by atoms with Crippen LogP contribution in [-0.4, -0.2) is 12.1 Å². The highest BCUT2D eigenvalue weighted by atomic mass is 15.0. The summed E-state index contributed by atoms with van der Waals surface area (Å²) in [5.41, 5.74) is 0. The molecule has 1 aliphatic rings. The molecule has 1 atom stereocenters. The molecule has 15 heavy (non-hydrogen) atoms. The fourth-order valence-electron chi connectivity index (χ4n) is 2.71. The average molecular weight is 211 g/mol. The first-order valence-electron chi connectivity index (χ1n) is 7.00. The third-order valence-corrected chi connectivity index (χ3v) is 3.80. The zero-order valence-electron chi connectivity index (χ0n) is 10.9. The molecule has 1 heteroatoms. The predicted octanol–water partition coefficient (Wildman–Crippen LogP) is 4.12.